The molecule has 0 radical (unpaired) electrons. The minimum absolute atomic E-state index is 0.0901. The number of hydrogen-bond acceptors (Lipinski definition) is 6. The van der Waals surface area contributed by atoms with E-state index in [1.54, 1.807) is 23.0 Å². The van der Waals surface area contributed by atoms with Gasteiger partial charge in [0.2, 0.25) is 5.71 Å². The molecule has 1 aromatic carbocycles. The molecular weight excluding hydrogens is 390 g/mol. The van der Waals surface area contributed by atoms with Crippen LogP contribution in [-0.2, 0) is 13.1 Å². The van der Waals surface area contributed by atoms with E-state index in [9.17, 15) is 4.79 Å². The van der Waals surface area contributed by atoms with Crippen LogP contribution in [0.5, 0.6) is 0 Å². The van der Waals surface area contributed by atoms with Crippen molar-refractivity contribution in [1.29, 1.82) is 0 Å². The van der Waals surface area contributed by atoms with E-state index in [2.05, 4.69) is 16.8 Å². The highest BCUT2D eigenvalue weighted by Gasteiger charge is 2.25. The molecule has 0 fully saturated rings. The van der Waals surface area contributed by atoms with Gasteiger partial charge in [0.05, 0.1) is 18.8 Å². The van der Waals surface area contributed by atoms with Crippen molar-refractivity contribution in [3.63, 3.8) is 0 Å². The normalized spacial score (nSPS) is 12.5. The number of benzene rings is 1. The van der Waals surface area contributed by atoms with Crippen molar-refractivity contribution in [1.82, 2.24) is 19.4 Å². The summed E-state index contributed by atoms with van der Waals surface area (Å²) in [7, 11) is 0. The van der Waals surface area contributed by atoms with Gasteiger partial charge in [-0.15, -0.1) is 0 Å². The summed E-state index contributed by atoms with van der Waals surface area (Å²) in [6.45, 7) is 4.43. The van der Waals surface area contributed by atoms with Gasteiger partial charge in [-0.2, -0.15) is 4.98 Å². The van der Waals surface area contributed by atoms with Crippen molar-refractivity contribution in [2.75, 3.05) is 13.1 Å². The topological polar surface area (TPSA) is 90.2 Å². The molecule has 31 heavy (non-hydrogen) atoms. The van der Waals surface area contributed by atoms with Crippen molar-refractivity contribution < 1.29 is 4.42 Å². The monoisotopic (exact) mass is 417 g/mol. The van der Waals surface area contributed by atoms with Gasteiger partial charge in [0.1, 0.15) is 11.2 Å². The molecular formula is C24H27N5O2. The van der Waals surface area contributed by atoms with Gasteiger partial charge in [-0.1, -0.05) is 37.3 Å². The molecule has 0 saturated carbocycles. The number of furan rings is 1. The molecule has 160 valence electrons. The van der Waals surface area contributed by atoms with Crippen LogP contribution in [0.15, 0.2) is 76.4 Å². The van der Waals surface area contributed by atoms with Crippen LogP contribution in [0.4, 0.5) is 0 Å². The third-order valence-electron chi connectivity index (χ3n) is 5.47. The average molecular weight is 418 g/mol. The highest BCUT2D eigenvalue weighted by molar-refractivity contribution is 5.71. The van der Waals surface area contributed by atoms with E-state index in [4.69, 9.17) is 15.1 Å². The van der Waals surface area contributed by atoms with Crippen LogP contribution in [0, 0.1) is 0 Å². The first-order chi connectivity index (χ1) is 15.2. The first-order valence-corrected chi connectivity index (χ1v) is 10.6. The number of nitrogens with zero attached hydrogens (tertiary/aromatic N) is 4. The lowest BCUT2D eigenvalue weighted by atomic mass is 10.1. The smallest absolute Gasteiger partial charge is 0.265 e. The largest absolute Gasteiger partial charge is 0.446 e. The van der Waals surface area contributed by atoms with E-state index in [0.717, 1.165) is 17.5 Å². The second-order valence-electron chi connectivity index (χ2n) is 7.52. The third kappa shape index (κ3) is 4.57. The lowest BCUT2D eigenvalue weighted by Crippen LogP contribution is -2.37. The highest BCUT2D eigenvalue weighted by Crippen LogP contribution is 2.26. The van der Waals surface area contributed by atoms with Gasteiger partial charge < -0.3 is 10.2 Å². The zero-order valence-corrected chi connectivity index (χ0v) is 17.6. The Balaban J connectivity index is 1.80. The van der Waals surface area contributed by atoms with Crippen LogP contribution >= 0.6 is 0 Å². The lowest BCUT2D eigenvalue weighted by Gasteiger charge is -2.31. The molecule has 4 rings (SSSR count). The maximum absolute atomic E-state index is 13.4. The molecule has 0 aliphatic heterocycles. The maximum atomic E-state index is 13.4. The molecule has 3 heterocycles. The van der Waals surface area contributed by atoms with Crippen LogP contribution in [0.3, 0.4) is 0 Å². The molecule has 0 aliphatic rings. The summed E-state index contributed by atoms with van der Waals surface area (Å²) in [5, 5.41) is 0.494. The molecule has 1 unspecified atom stereocenters. The fraction of sp³-hybridized carbons (Fsp3) is 0.292. The van der Waals surface area contributed by atoms with Gasteiger partial charge in [0.25, 0.3) is 5.56 Å². The quantitative estimate of drug-likeness (QED) is 0.449. The van der Waals surface area contributed by atoms with Crippen LogP contribution in [0.2, 0.25) is 0 Å². The van der Waals surface area contributed by atoms with Gasteiger partial charge >= 0.3 is 0 Å². The standard InChI is InChI=1S/C24H27N5O2/c1-2-21(28(14-11-25)16-19-8-12-26-13-9-19)22-27-23-20(10-15-31-23)24(30)29(22)17-18-6-4-3-5-7-18/h3-10,12-13,15,21H,2,11,14,16-17,25H2,1H3. The van der Waals surface area contributed by atoms with E-state index in [-0.39, 0.29) is 11.6 Å². The molecule has 2 N–H and O–H groups in total. The Hall–Kier alpha value is -3.29. The second-order valence-corrected chi connectivity index (χ2v) is 7.52. The minimum atomic E-state index is -0.0948. The maximum Gasteiger partial charge on any atom is 0.265 e. The predicted octanol–water partition coefficient (Wildman–Crippen LogP) is 3.34. The van der Waals surface area contributed by atoms with Gasteiger partial charge in [0.15, 0.2) is 0 Å². The number of aromatic nitrogens is 3. The Morgan fingerprint density at radius 1 is 1.10 bits per heavy atom. The highest BCUT2D eigenvalue weighted by atomic mass is 16.3. The van der Waals surface area contributed by atoms with E-state index < -0.39 is 0 Å². The molecule has 7 heteroatoms. The minimum Gasteiger partial charge on any atom is -0.446 e. The Morgan fingerprint density at radius 3 is 2.58 bits per heavy atom. The summed E-state index contributed by atoms with van der Waals surface area (Å²) < 4.78 is 7.30. The molecule has 0 aliphatic carbocycles. The number of nitrogens with two attached hydrogens (primary N) is 1. The number of fused-ring (bicyclic) bond motifs is 1. The SMILES string of the molecule is CCC(c1nc2occc2c(=O)n1Cc1ccccc1)N(CCN)Cc1ccncc1. The Kier molecular flexibility index (Phi) is 6.54. The van der Waals surface area contributed by atoms with Gasteiger partial charge in [0, 0.05) is 32.0 Å². The van der Waals surface area contributed by atoms with E-state index in [1.165, 1.54) is 6.26 Å². The fourth-order valence-electron chi connectivity index (χ4n) is 3.98. The molecule has 7 nitrogen and oxygen atoms in total. The van der Waals surface area contributed by atoms with E-state index in [1.807, 2.05) is 42.5 Å². The second kappa shape index (κ2) is 9.68. The van der Waals surface area contributed by atoms with Crippen molar-refractivity contribution in [3.8, 4) is 0 Å². The van der Waals surface area contributed by atoms with Crippen molar-refractivity contribution in [2.24, 2.45) is 5.73 Å². The summed E-state index contributed by atoms with van der Waals surface area (Å²) in [5.41, 5.74) is 8.43. The first-order valence-electron chi connectivity index (χ1n) is 10.6. The molecule has 0 bridgehead atoms. The first kappa shape index (κ1) is 21.0. The number of hydrogen-bond donors (Lipinski definition) is 1. The van der Waals surface area contributed by atoms with Crippen LogP contribution in [-0.4, -0.2) is 32.5 Å². The molecule has 0 spiro atoms. The van der Waals surface area contributed by atoms with Crippen molar-refractivity contribution >= 4 is 11.1 Å². The zero-order chi connectivity index (χ0) is 21.6. The Bertz CT molecular complexity index is 1170. The van der Waals surface area contributed by atoms with E-state index >= 15 is 0 Å². The lowest BCUT2D eigenvalue weighted by molar-refractivity contribution is 0.176. The van der Waals surface area contributed by atoms with Gasteiger partial charge in [-0.25, -0.2) is 0 Å². The Morgan fingerprint density at radius 2 is 1.87 bits per heavy atom. The molecule has 0 amide bonds. The number of rotatable bonds is 9. The summed E-state index contributed by atoms with van der Waals surface area (Å²) in [5.74, 6) is 0.696. The molecule has 4 aromatic rings. The summed E-state index contributed by atoms with van der Waals surface area (Å²) in [6.07, 6.45) is 5.87. The molecule has 0 saturated heterocycles. The van der Waals surface area contributed by atoms with Crippen LogP contribution < -0.4 is 11.3 Å². The average Bonchev–Trinajstić information content (AvgIpc) is 3.27. The number of pyridine rings is 1. The van der Waals surface area contributed by atoms with Crippen LogP contribution in [0.25, 0.3) is 11.1 Å². The third-order valence-corrected chi connectivity index (χ3v) is 5.47. The Labute approximate surface area is 181 Å². The summed E-state index contributed by atoms with van der Waals surface area (Å²) >= 11 is 0. The fourth-order valence-corrected chi connectivity index (χ4v) is 3.98. The summed E-state index contributed by atoms with van der Waals surface area (Å²) in [4.78, 5) is 24.6. The summed E-state index contributed by atoms with van der Waals surface area (Å²) in [6, 6.07) is 15.5. The van der Waals surface area contributed by atoms with E-state index in [0.29, 0.717) is 43.1 Å². The molecule has 1 atom stereocenters. The van der Waals surface area contributed by atoms with Crippen molar-refractivity contribution in [3.05, 3.63) is 94.5 Å². The van der Waals surface area contributed by atoms with Gasteiger partial charge in [-0.3, -0.25) is 19.2 Å². The van der Waals surface area contributed by atoms with Gasteiger partial charge in [-0.05, 0) is 35.7 Å². The zero-order valence-electron chi connectivity index (χ0n) is 17.6. The predicted molar refractivity (Wildman–Crippen MR) is 121 cm³/mol. The van der Waals surface area contributed by atoms with Crippen LogP contribution in [0.1, 0.15) is 36.3 Å². The van der Waals surface area contributed by atoms with Crippen molar-refractivity contribution in [2.45, 2.75) is 32.5 Å². The molecule has 3 aromatic heterocycles.